The molecule has 0 aromatic heterocycles. The number of hydrogen-bond acceptors (Lipinski definition) is 3. The Bertz CT molecular complexity index is 438. The molecule has 1 saturated heterocycles. The number of aryl methyl sites for hydroxylation is 1. The largest absolute Gasteiger partial charge is 0.378 e. The van der Waals surface area contributed by atoms with E-state index in [0.29, 0.717) is 26.3 Å². The van der Waals surface area contributed by atoms with Crippen LogP contribution in [-0.2, 0) is 9.53 Å². The Balaban J connectivity index is 1.91. The van der Waals surface area contributed by atoms with E-state index in [0.717, 1.165) is 0 Å². The van der Waals surface area contributed by atoms with Crippen LogP contribution in [0, 0.1) is 6.92 Å². The lowest BCUT2D eigenvalue weighted by Crippen LogP contribution is -2.49. The van der Waals surface area contributed by atoms with E-state index in [1.165, 1.54) is 11.1 Å². The molecule has 4 nitrogen and oxygen atoms in total. The number of ether oxygens (including phenoxy) is 1. The van der Waals surface area contributed by atoms with E-state index in [1.54, 1.807) is 0 Å². The van der Waals surface area contributed by atoms with Gasteiger partial charge in [0.1, 0.15) is 0 Å². The zero-order valence-electron chi connectivity index (χ0n) is 12.6. The van der Waals surface area contributed by atoms with Crippen LogP contribution in [0.15, 0.2) is 24.3 Å². The minimum atomic E-state index is -0.176. The van der Waals surface area contributed by atoms with Crippen molar-refractivity contribution in [3.05, 3.63) is 35.4 Å². The van der Waals surface area contributed by atoms with Gasteiger partial charge in [0.2, 0.25) is 5.91 Å². The Hall–Kier alpha value is -1.39. The normalized spacial score (nSPS) is 18.6. The Morgan fingerprint density at radius 1 is 1.20 bits per heavy atom. The van der Waals surface area contributed by atoms with Crippen molar-refractivity contribution in [3.63, 3.8) is 0 Å². The second kappa shape index (κ2) is 6.86. The number of carbonyl (C=O) groups excluding carboxylic acids is 1. The standard InChI is InChI=1S/C16H24N2O2/c1-12-4-6-15(7-5-12)13(2)17-14(3)16(19)18-8-10-20-11-9-18/h4-7,13-14,17H,8-11H2,1-3H3/t13-,14?/m0/s1. The van der Waals surface area contributed by atoms with Crippen LogP contribution in [0.5, 0.6) is 0 Å². The van der Waals surface area contributed by atoms with Crippen molar-refractivity contribution in [1.82, 2.24) is 10.2 Å². The highest BCUT2D eigenvalue weighted by Gasteiger charge is 2.23. The van der Waals surface area contributed by atoms with E-state index >= 15 is 0 Å². The number of nitrogens with zero attached hydrogens (tertiary/aromatic N) is 1. The molecule has 0 saturated carbocycles. The molecule has 0 aliphatic carbocycles. The van der Waals surface area contributed by atoms with Gasteiger partial charge in [-0.2, -0.15) is 0 Å². The zero-order valence-corrected chi connectivity index (χ0v) is 12.6. The molecule has 1 heterocycles. The quantitative estimate of drug-likeness (QED) is 0.913. The Labute approximate surface area is 121 Å². The molecule has 1 aliphatic heterocycles. The van der Waals surface area contributed by atoms with E-state index in [2.05, 4.69) is 43.4 Å². The molecule has 0 radical (unpaired) electrons. The van der Waals surface area contributed by atoms with Crippen molar-refractivity contribution in [2.45, 2.75) is 32.9 Å². The van der Waals surface area contributed by atoms with Crippen molar-refractivity contribution >= 4 is 5.91 Å². The van der Waals surface area contributed by atoms with Gasteiger partial charge in [0.25, 0.3) is 0 Å². The summed E-state index contributed by atoms with van der Waals surface area (Å²) in [6.07, 6.45) is 0. The maximum atomic E-state index is 12.3. The third kappa shape index (κ3) is 3.81. The lowest BCUT2D eigenvalue weighted by Gasteiger charge is -2.30. The predicted octanol–water partition coefficient (Wildman–Crippen LogP) is 1.89. The SMILES string of the molecule is Cc1ccc([C@H](C)NC(C)C(=O)N2CCOCC2)cc1. The molecule has 1 N–H and O–H groups in total. The summed E-state index contributed by atoms with van der Waals surface area (Å²) in [5.41, 5.74) is 2.45. The van der Waals surface area contributed by atoms with Gasteiger partial charge in [-0.1, -0.05) is 29.8 Å². The van der Waals surface area contributed by atoms with Crippen LogP contribution in [0.2, 0.25) is 0 Å². The maximum absolute atomic E-state index is 12.3. The highest BCUT2D eigenvalue weighted by atomic mass is 16.5. The van der Waals surface area contributed by atoms with Crippen molar-refractivity contribution in [3.8, 4) is 0 Å². The minimum Gasteiger partial charge on any atom is -0.378 e. The molecule has 1 amide bonds. The summed E-state index contributed by atoms with van der Waals surface area (Å²) in [6.45, 7) is 8.79. The topological polar surface area (TPSA) is 41.6 Å². The van der Waals surface area contributed by atoms with E-state index in [-0.39, 0.29) is 18.0 Å². The first kappa shape index (κ1) is 15.0. The number of hydrogen-bond donors (Lipinski definition) is 1. The molecule has 2 rings (SSSR count). The number of rotatable bonds is 4. The smallest absolute Gasteiger partial charge is 0.239 e. The van der Waals surface area contributed by atoms with Gasteiger partial charge in [-0.3, -0.25) is 10.1 Å². The molecule has 1 aromatic carbocycles. The van der Waals surface area contributed by atoms with Crippen molar-refractivity contribution in [2.75, 3.05) is 26.3 Å². The van der Waals surface area contributed by atoms with Gasteiger partial charge in [-0.15, -0.1) is 0 Å². The number of morpholine rings is 1. The molecule has 1 fully saturated rings. The molecule has 20 heavy (non-hydrogen) atoms. The summed E-state index contributed by atoms with van der Waals surface area (Å²) < 4.78 is 5.28. The molecule has 1 unspecified atom stereocenters. The fourth-order valence-electron chi connectivity index (χ4n) is 2.46. The number of carbonyl (C=O) groups is 1. The van der Waals surface area contributed by atoms with Crippen LogP contribution in [0.3, 0.4) is 0 Å². The van der Waals surface area contributed by atoms with E-state index in [4.69, 9.17) is 4.74 Å². The summed E-state index contributed by atoms with van der Waals surface area (Å²) in [7, 11) is 0. The lowest BCUT2D eigenvalue weighted by atomic mass is 10.1. The first-order valence-corrected chi connectivity index (χ1v) is 7.27. The highest BCUT2D eigenvalue weighted by Crippen LogP contribution is 2.14. The molecule has 4 heteroatoms. The zero-order chi connectivity index (χ0) is 14.5. The average molecular weight is 276 g/mol. The van der Waals surface area contributed by atoms with E-state index < -0.39 is 0 Å². The third-order valence-corrected chi connectivity index (χ3v) is 3.77. The number of benzene rings is 1. The van der Waals surface area contributed by atoms with Crippen LogP contribution < -0.4 is 5.32 Å². The van der Waals surface area contributed by atoms with Crippen molar-refractivity contribution < 1.29 is 9.53 Å². The van der Waals surface area contributed by atoms with Gasteiger partial charge in [-0.05, 0) is 26.3 Å². The summed E-state index contributed by atoms with van der Waals surface area (Å²) in [5.74, 6) is 0.160. The Kier molecular flexibility index (Phi) is 5.15. The molecule has 0 bridgehead atoms. The third-order valence-electron chi connectivity index (χ3n) is 3.77. The second-order valence-corrected chi connectivity index (χ2v) is 5.46. The average Bonchev–Trinajstić information content (AvgIpc) is 2.48. The van der Waals surface area contributed by atoms with Gasteiger partial charge < -0.3 is 9.64 Å². The maximum Gasteiger partial charge on any atom is 0.239 e. The molecular formula is C16H24N2O2. The summed E-state index contributed by atoms with van der Waals surface area (Å²) in [4.78, 5) is 14.2. The fraction of sp³-hybridized carbons (Fsp3) is 0.562. The minimum absolute atomic E-state index is 0.160. The number of amides is 1. The molecule has 110 valence electrons. The van der Waals surface area contributed by atoms with E-state index in [1.807, 2.05) is 11.8 Å². The second-order valence-electron chi connectivity index (χ2n) is 5.46. The molecule has 2 atom stereocenters. The van der Waals surface area contributed by atoms with Gasteiger partial charge in [-0.25, -0.2) is 0 Å². The molecule has 1 aromatic rings. The number of nitrogens with one attached hydrogen (secondary N) is 1. The molecule has 0 spiro atoms. The van der Waals surface area contributed by atoms with Crippen LogP contribution in [0.25, 0.3) is 0 Å². The molecular weight excluding hydrogens is 252 g/mol. The van der Waals surface area contributed by atoms with Crippen molar-refractivity contribution in [2.24, 2.45) is 0 Å². The monoisotopic (exact) mass is 276 g/mol. The van der Waals surface area contributed by atoms with Crippen LogP contribution in [0.4, 0.5) is 0 Å². The van der Waals surface area contributed by atoms with Crippen LogP contribution in [-0.4, -0.2) is 43.2 Å². The summed E-state index contributed by atoms with van der Waals surface area (Å²) in [6, 6.07) is 8.40. The van der Waals surface area contributed by atoms with Gasteiger partial charge in [0.15, 0.2) is 0 Å². The Morgan fingerprint density at radius 2 is 1.80 bits per heavy atom. The predicted molar refractivity (Wildman–Crippen MR) is 79.6 cm³/mol. The first-order chi connectivity index (χ1) is 9.58. The highest BCUT2D eigenvalue weighted by molar-refractivity contribution is 5.81. The van der Waals surface area contributed by atoms with Crippen LogP contribution in [0.1, 0.15) is 31.0 Å². The summed E-state index contributed by atoms with van der Waals surface area (Å²) in [5, 5.41) is 3.38. The summed E-state index contributed by atoms with van der Waals surface area (Å²) >= 11 is 0. The Morgan fingerprint density at radius 3 is 2.40 bits per heavy atom. The van der Waals surface area contributed by atoms with Crippen LogP contribution >= 0.6 is 0 Å². The molecule has 1 aliphatic rings. The van der Waals surface area contributed by atoms with Gasteiger partial charge in [0, 0.05) is 19.1 Å². The van der Waals surface area contributed by atoms with E-state index in [9.17, 15) is 4.79 Å². The van der Waals surface area contributed by atoms with Crippen molar-refractivity contribution in [1.29, 1.82) is 0 Å². The fourth-order valence-corrected chi connectivity index (χ4v) is 2.46. The van der Waals surface area contributed by atoms with Gasteiger partial charge in [0.05, 0.1) is 19.3 Å². The van der Waals surface area contributed by atoms with Gasteiger partial charge >= 0.3 is 0 Å². The lowest BCUT2D eigenvalue weighted by molar-refractivity contribution is -0.137. The first-order valence-electron chi connectivity index (χ1n) is 7.27.